The number of methoxy groups -OCH3 is 1. The van der Waals surface area contributed by atoms with Crippen molar-refractivity contribution in [2.75, 3.05) is 53.4 Å². The molecule has 0 radical (unpaired) electrons. The van der Waals surface area contributed by atoms with Gasteiger partial charge in [-0.15, -0.1) is 0 Å². The lowest BCUT2D eigenvalue weighted by Crippen LogP contribution is -2.49. The van der Waals surface area contributed by atoms with Crippen LogP contribution in [0.25, 0.3) is 0 Å². The topological polar surface area (TPSA) is 56.8 Å². The largest absolute Gasteiger partial charge is 0.497 e. The van der Waals surface area contributed by atoms with Crippen molar-refractivity contribution in [2.45, 2.75) is 12.5 Å². The van der Waals surface area contributed by atoms with Crippen molar-refractivity contribution in [1.29, 1.82) is 0 Å². The lowest BCUT2D eigenvalue weighted by molar-refractivity contribution is 0.142. The molecule has 3 rings (SSSR count). The van der Waals surface area contributed by atoms with Crippen LogP contribution >= 0.6 is 0 Å². The standard InChI is InChI=1S/C23H32N4O2/c1-26-14-16-27(17-15-26)18-22(20-6-4-3-5-7-20)25-23(28)24-13-12-19-8-10-21(29-2)11-9-19/h3-11,22H,12-18H2,1-2H3,(H2,24,25,28). The van der Waals surface area contributed by atoms with Gasteiger partial charge in [0.1, 0.15) is 5.75 Å². The predicted octanol–water partition coefficient (Wildman–Crippen LogP) is 2.53. The first-order valence-electron chi connectivity index (χ1n) is 10.3. The molecule has 0 bridgehead atoms. The smallest absolute Gasteiger partial charge is 0.315 e. The summed E-state index contributed by atoms with van der Waals surface area (Å²) in [7, 11) is 3.81. The second kappa shape index (κ2) is 10.8. The van der Waals surface area contributed by atoms with Gasteiger partial charge >= 0.3 is 6.03 Å². The minimum absolute atomic E-state index is 0.0272. The van der Waals surface area contributed by atoms with E-state index in [2.05, 4.69) is 39.6 Å². The molecule has 1 aliphatic heterocycles. The lowest BCUT2D eigenvalue weighted by atomic mass is 10.1. The van der Waals surface area contributed by atoms with Crippen LogP contribution in [-0.4, -0.2) is 69.3 Å². The molecule has 1 fully saturated rings. The first-order chi connectivity index (χ1) is 14.1. The number of amides is 2. The minimum Gasteiger partial charge on any atom is -0.497 e. The molecule has 1 aliphatic rings. The van der Waals surface area contributed by atoms with Crippen molar-refractivity contribution in [2.24, 2.45) is 0 Å². The predicted molar refractivity (Wildman–Crippen MR) is 116 cm³/mol. The zero-order chi connectivity index (χ0) is 20.5. The van der Waals surface area contributed by atoms with E-state index in [0.29, 0.717) is 6.54 Å². The Morgan fingerprint density at radius 2 is 1.72 bits per heavy atom. The first-order valence-corrected chi connectivity index (χ1v) is 10.3. The van der Waals surface area contributed by atoms with E-state index in [4.69, 9.17) is 4.74 Å². The highest BCUT2D eigenvalue weighted by Crippen LogP contribution is 2.15. The Bertz CT molecular complexity index is 743. The Hall–Kier alpha value is -2.57. The second-order valence-corrected chi connectivity index (χ2v) is 7.57. The van der Waals surface area contributed by atoms with Crippen molar-refractivity contribution in [1.82, 2.24) is 20.4 Å². The molecule has 2 N–H and O–H groups in total. The maximum Gasteiger partial charge on any atom is 0.315 e. The van der Waals surface area contributed by atoms with Crippen LogP contribution in [0.15, 0.2) is 54.6 Å². The van der Waals surface area contributed by atoms with E-state index >= 15 is 0 Å². The van der Waals surface area contributed by atoms with Crippen LogP contribution in [0.4, 0.5) is 4.79 Å². The molecule has 6 heteroatoms. The average Bonchev–Trinajstić information content (AvgIpc) is 2.76. The van der Waals surface area contributed by atoms with E-state index in [0.717, 1.165) is 50.5 Å². The highest BCUT2D eigenvalue weighted by molar-refractivity contribution is 5.74. The Morgan fingerprint density at radius 1 is 1.03 bits per heavy atom. The summed E-state index contributed by atoms with van der Waals surface area (Å²) in [5.41, 5.74) is 2.31. The Morgan fingerprint density at radius 3 is 2.38 bits per heavy atom. The molecule has 1 atom stereocenters. The van der Waals surface area contributed by atoms with E-state index in [1.807, 2.05) is 42.5 Å². The zero-order valence-electron chi connectivity index (χ0n) is 17.4. The van der Waals surface area contributed by atoms with E-state index in [1.165, 1.54) is 5.56 Å². The number of ether oxygens (including phenoxy) is 1. The number of carbonyl (C=O) groups is 1. The number of benzene rings is 2. The molecule has 0 spiro atoms. The summed E-state index contributed by atoms with van der Waals surface area (Å²) >= 11 is 0. The van der Waals surface area contributed by atoms with Gasteiger partial charge in [0.25, 0.3) is 0 Å². The second-order valence-electron chi connectivity index (χ2n) is 7.57. The maximum absolute atomic E-state index is 12.5. The van der Waals surface area contributed by atoms with Crippen LogP contribution in [0.1, 0.15) is 17.2 Å². The summed E-state index contributed by atoms with van der Waals surface area (Å²) in [4.78, 5) is 17.3. The fourth-order valence-electron chi connectivity index (χ4n) is 3.53. The van der Waals surface area contributed by atoms with Gasteiger partial charge in [0.2, 0.25) is 0 Å². The fraction of sp³-hybridized carbons (Fsp3) is 0.435. The summed E-state index contributed by atoms with van der Waals surface area (Å²) in [6, 6.07) is 18.0. The van der Waals surface area contributed by atoms with E-state index in [9.17, 15) is 4.79 Å². The fourth-order valence-corrected chi connectivity index (χ4v) is 3.53. The molecule has 6 nitrogen and oxygen atoms in total. The molecule has 156 valence electrons. The normalized spacial score (nSPS) is 16.2. The molecular formula is C23H32N4O2. The van der Waals surface area contributed by atoms with E-state index in [-0.39, 0.29) is 12.1 Å². The number of rotatable bonds is 8. The molecule has 0 aromatic heterocycles. The van der Waals surface area contributed by atoms with Crippen LogP contribution < -0.4 is 15.4 Å². The Labute approximate surface area is 173 Å². The van der Waals surface area contributed by atoms with E-state index in [1.54, 1.807) is 7.11 Å². The van der Waals surface area contributed by atoms with Gasteiger partial charge in [-0.2, -0.15) is 0 Å². The highest BCUT2D eigenvalue weighted by Gasteiger charge is 2.21. The van der Waals surface area contributed by atoms with Crippen LogP contribution in [0.5, 0.6) is 5.75 Å². The number of hydrogen-bond donors (Lipinski definition) is 2. The number of nitrogens with zero attached hydrogens (tertiary/aromatic N) is 2. The van der Waals surface area contributed by atoms with Gasteiger partial charge in [-0.05, 0) is 36.7 Å². The van der Waals surface area contributed by atoms with Crippen molar-refractivity contribution >= 4 is 6.03 Å². The molecule has 2 aromatic rings. The van der Waals surface area contributed by atoms with Crippen molar-refractivity contribution in [3.05, 3.63) is 65.7 Å². The molecule has 0 saturated carbocycles. The van der Waals surface area contributed by atoms with Gasteiger partial charge in [-0.3, -0.25) is 4.90 Å². The summed E-state index contributed by atoms with van der Waals surface area (Å²) in [6.45, 7) is 5.60. The summed E-state index contributed by atoms with van der Waals surface area (Å²) in [6.07, 6.45) is 0.784. The quantitative estimate of drug-likeness (QED) is 0.720. The summed E-state index contributed by atoms with van der Waals surface area (Å²) in [5.74, 6) is 0.842. The molecule has 2 aromatic carbocycles. The Balaban J connectivity index is 1.51. The zero-order valence-corrected chi connectivity index (χ0v) is 17.4. The number of carbonyl (C=O) groups excluding carboxylic acids is 1. The average molecular weight is 397 g/mol. The summed E-state index contributed by atoms with van der Waals surface area (Å²) < 4.78 is 5.18. The molecule has 1 saturated heterocycles. The monoisotopic (exact) mass is 396 g/mol. The summed E-state index contributed by atoms with van der Waals surface area (Å²) in [5, 5.41) is 6.17. The molecule has 1 heterocycles. The van der Waals surface area contributed by atoms with E-state index < -0.39 is 0 Å². The van der Waals surface area contributed by atoms with Crippen LogP contribution in [0, 0.1) is 0 Å². The SMILES string of the molecule is COc1ccc(CCNC(=O)NC(CN2CCN(C)CC2)c2ccccc2)cc1. The van der Waals surface area contributed by atoms with Gasteiger partial charge in [0, 0.05) is 39.3 Å². The number of piperazine rings is 1. The van der Waals surface area contributed by atoms with Crippen LogP contribution in [-0.2, 0) is 6.42 Å². The van der Waals surface area contributed by atoms with Gasteiger partial charge in [-0.25, -0.2) is 4.79 Å². The third-order valence-electron chi connectivity index (χ3n) is 5.40. The molecule has 29 heavy (non-hydrogen) atoms. The maximum atomic E-state index is 12.5. The highest BCUT2D eigenvalue weighted by atomic mass is 16.5. The number of hydrogen-bond acceptors (Lipinski definition) is 4. The third kappa shape index (κ3) is 6.76. The van der Waals surface area contributed by atoms with Gasteiger partial charge in [0.05, 0.1) is 13.2 Å². The van der Waals surface area contributed by atoms with Gasteiger partial charge in [-0.1, -0.05) is 42.5 Å². The first kappa shape index (κ1) is 21.1. The number of likely N-dealkylation sites (N-methyl/N-ethyl adjacent to an activating group) is 1. The molecule has 1 unspecified atom stereocenters. The number of nitrogens with one attached hydrogen (secondary N) is 2. The minimum atomic E-state index is -0.124. The van der Waals surface area contributed by atoms with Gasteiger partial charge < -0.3 is 20.3 Å². The molecular weight excluding hydrogens is 364 g/mol. The van der Waals surface area contributed by atoms with Crippen molar-refractivity contribution < 1.29 is 9.53 Å². The molecule has 0 aliphatic carbocycles. The lowest BCUT2D eigenvalue weighted by Gasteiger charge is -2.35. The van der Waals surface area contributed by atoms with Gasteiger partial charge in [0.15, 0.2) is 0 Å². The number of urea groups is 1. The van der Waals surface area contributed by atoms with Crippen molar-refractivity contribution in [3.63, 3.8) is 0 Å². The molecule has 2 amide bonds. The third-order valence-corrected chi connectivity index (χ3v) is 5.40. The van der Waals surface area contributed by atoms with Crippen molar-refractivity contribution in [3.8, 4) is 5.75 Å². The van der Waals surface area contributed by atoms with Crippen LogP contribution in [0.2, 0.25) is 0 Å². The van der Waals surface area contributed by atoms with Crippen LogP contribution in [0.3, 0.4) is 0 Å². The Kier molecular flexibility index (Phi) is 7.90.